The van der Waals surface area contributed by atoms with E-state index in [0.717, 1.165) is 5.75 Å². The smallest absolute Gasteiger partial charge is 0.267 e. The number of thioether (sulfide) groups is 1. The van der Waals surface area contributed by atoms with Crippen molar-refractivity contribution in [1.29, 1.82) is 0 Å². The summed E-state index contributed by atoms with van der Waals surface area (Å²) >= 11 is 7.48. The lowest BCUT2D eigenvalue weighted by molar-refractivity contribution is 0.102. The van der Waals surface area contributed by atoms with Crippen LogP contribution in [0.15, 0.2) is 40.4 Å². The lowest BCUT2D eigenvalue weighted by atomic mass is 10.2. The van der Waals surface area contributed by atoms with Crippen LogP contribution in [0.3, 0.4) is 0 Å². The van der Waals surface area contributed by atoms with E-state index >= 15 is 0 Å². The number of para-hydroxylation sites is 1. The van der Waals surface area contributed by atoms with E-state index in [4.69, 9.17) is 11.6 Å². The summed E-state index contributed by atoms with van der Waals surface area (Å²) in [7, 11) is 0. The van der Waals surface area contributed by atoms with Crippen LogP contribution in [0.2, 0.25) is 5.02 Å². The van der Waals surface area contributed by atoms with E-state index < -0.39 is 5.91 Å². The Hall–Kier alpha value is -1.79. The molecule has 102 valence electrons. The predicted molar refractivity (Wildman–Crippen MR) is 78.6 cm³/mol. The quantitative estimate of drug-likeness (QED) is 0.864. The molecule has 1 aliphatic heterocycles. The van der Waals surface area contributed by atoms with Crippen molar-refractivity contribution < 1.29 is 4.79 Å². The molecule has 0 unspecified atom stereocenters. The number of carbonyl (C=O) groups is 1. The van der Waals surface area contributed by atoms with Crippen LogP contribution >= 0.6 is 23.4 Å². The van der Waals surface area contributed by atoms with Crippen LogP contribution in [0.25, 0.3) is 0 Å². The Kier molecular flexibility index (Phi) is 3.50. The number of rotatable bonds is 2. The summed E-state index contributed by atoms with van der Waals surface area (Å²) in [6.07, 6.45) is 1.32. The zero-order chi connectivity index (χ0) is 14.1. The molecule has 5 nitrogen and oxygen atoms in total. The van der Waals surface area contributed by atoms with Gasteiger partial charge in [-0.25, -0.2) is 4.98 Å². The molecule has 2 aromatic rings. The van der Waals surface area contributed by atoms with Gasteiger partial charge in [0.2, 0.25) is 0 Å². The first-order chi connectivity index (χ1) is 9.66. The summed E-state index contributed by atoms with van der Waals surface area (Å²) in [5.41, 5.74) is 0.180. The van der Waals surface area contributed by atoms with Gasteiger partial charge < -0.3 is 5.32 Å². The fourth-order valence-electron chi connectivity index (χ4n) is 1.93. The number of nitrogens with zero attached hydrogens (tertiary/aromatic N) is 2. The topological polar surface area (TPSA) is 64.0 Å². The maximum Gasteiger partial charge on any atom is 0.267 e. The van der Waals surface area contributed by atoms with Crippen LogP contribution in [-0.2, 0) is 6.54 Å². The van der Waals surface area contributed by atoms with Gasteiger partial charge in [0.15, 0.2) is 5.16 Å². The molecule has 7 heteroatoms. The van der Waals surface area contributed by atoms with E-state index in [2.05, 4.69) is 10.3 Å². The summed E-state index contributed by atoms with van der Waals surface area (Å²) in [6.45, 7) is 0.582. The van der Waals surface area contributed by atoms with Gasteiger partial charge in [0.05, 0.1) is 10.7 Å². The average Bonchev–Trinajstić information content (AvgIpc) is 2.91. The van der Waals surface area contributed by atoms with Crippen LogP contribution < -0.4 is 10.9 Å². The minimum absolute atomic E-state index is 0.0242. The molecule has 1 amide bonds. The molecule has 20 heavy (non-hydrogen) atoms. The van der Waals surface area contributed by atoms with Crippen molar-refractivity contribution in [3.05, 3.63) is 51.4 Å². The van der Waals surface area contributed by atoms with Gasteiger partial charge in [-0.3, -0.25) is 14.2 Å². The number of anilines is 1. The number of halogens is 1. The van der Waals surface area contributed by atoms with Crippen LogP contribution in [-0.4, -0.2) is 21.2 Å². The zero-order valence-electron chi connectivity index (χ0n) is 10.3. The maximum absolute atomic E-state index is 12.2. The fraction of sp³-hybridized carbons (Fsp3) is 0.154. The third-order valence-electron chi connectivity index (χ3n) is 2.92. The largest absolute Gasteiger partial charge is 0.320 e. The van der Waals surface area contributed by atoms with E-state index in [1.165, 1.54) is 22.5 Å². The predicted octanol–water partition coefficient (Wildman–Crippen LogP) is 2.25. The zero-order valence-corrected chi connectivity index (χ0v) is 11.9. The Morgan fingerprint density at radius 3 is 3.00 bits per heavy atom. The third-order valence-corrected chi connectivity index (χ3v) is 4.22. The monoisotopic (exact) mass is 307 g/mol. The second kappa shape index (κ2) is 5.30. The first-order valence-corrected chi connectivity index (χ1v) is 7.31. The Balaban J connectivity index is 1.93. The summed E-state index contributed by atoms with van der Waals surface area (Å²) in [4.78, 5) is 28.5. The Labute approximate surface area is 124 Å². The van der Waals surface area contributed by atoms with Crippen molar-refractivity contribution in [2.75, 3.05) is 11.1 Å². The molecule has 0 saturated carbocycles. The van der Waals surface area contributed by atoms with E-state index in [1.807, 2.05) is 0 Å². The van der Waals surface area contributed by atoms with Gasteiger partial charge >= 0.3 is 0 Å². The van der Waals surface area contributed by atoms with Crippen LogP contribution in [0.5, 0.6) is 0 Å². The highest BCUT2D eigenvalue weighted by Gasteiger charge is 2.20. The molecule has 0 saturated heterocycles. The Bertz CT molecular complexity index is 745. The van der Waals surface area contributed by atoms with Crippen LogP contribution in [0.1, 0.15) is 10.4 Å². The van der Waals surface area contributed by atoms with E-state index in [1.54, 1.807) is 24.3 Å². The fourth-order valence-corrected chi connectivity index (χ4v) is 3.02. The highest BCUT2D eigenvalue weighted by Crippen LogP contribution is 2.22. The molecular weight excluding hydrogens is 298 g/mol. The van der Waals surface area contributed by atoms with Crippen molar-refractivity contribution in [2.24, 2.45) is 0 Å². The number of hydrogen-bond donors (Lipinski definition) is 1. The van der Waals surface area contributed by atoms with Gasteiger partial charge in [-0.05, 0) is 12.1 Å². The second-order valence-electron chi connectivity index (χ2n) is 4.19. The van der Waals surface area contributed by atoms with E-state index in [9.17, 15) is 9.59 Å². The van der Waals surface area contributed by atoms with Crippen molar-refractivity contribution in [2.45, 2.75) is 11.7 Å². The highest BCUT2D eigenvalue weighted by molar-refractivity contribution is 7.99. The SMILES string of the molecule is O=C(Nc1ccccc1Cl)c1cnc2n(c1=O)CCS2. The van der Waals surface area contributed by atoms with Gasteiger partial charge in [-0.15, -0.1) is 0 Å². The Morgan fingerprint density at radius 1 is 1.40 bits per heavy atom. The molecule has 1 aromatic heterocycles. The molecule has 0 bridgehead atoms. The molecule has 2 heterocycles. The van der Waals surface area contributed by atoms with Gasteiger partial charge in [0, 0.05) is 18.5 Å². The number of fused-ring (bicyclic) bond motifs is 1. The van der Waals surface area contributed by atoms with Gasteiger partial charge in [-0.2, -0.15) is 0 Å². The second-order valence-corrected chi connectivity index (χ2v) is 5.66. The number of benzene rings is 1. The number of aromatic nitrogens is 2. The van der Waals surface area contributed by atoms with Gasteiger partial charge in [0.25, 0.3) is 11.5 Å². The number of carbonyl (C=O) groups excluding carboxylic acids is 1. The molecule has 0 atom stereocenters. The summed E-state index contributed by atoms with van der Waals surface area (Å²) in [5.74, 6) is 0.306. The van der Waals surface area contributed by atoms with Crippen molar-refractivity contribution in [1.82, 2.24) is 9.55 Å². The molecular formula is C13H10ClN3O2S. The minimum atomic E-state index is -0.497. The number of amides is 1. The number of nitrogens with one attached hydrogen (secondary N) is 1. The maximum atomic E-state index is 12.2. The van der Waals surface area contributed by atoms with Gasteiger partial charge in [-0.1, -0.05) is 35.5 Å². The summed E-state index contributed by atoms with van der Waals surface area (Å²) < 4.78 is 1.52. The number of hydrogen-bond acceptors (Lipinski definition) is 4. The molecule has 1 N–H and O–H groups in total. The van der Waals surface area contributed by atoms with E-state index in [0.29, 0.717) is 22.4 Å². The summed E-state index contributed by atoms with van der Waals surface area (Å²) in [6, 6.07) is 6.86. The average molecular weight is 308 g/mol. The standard InChI is InChI=1S/C13H10ClN3O2S/c14-9-3-1-2-4-10(9)16-11(18)8-7-15-13-17(12(8)19)5-6-20-13/h1-4,7H,5-6H2,(H,16,18). The normalized spacial score (nSPS) is 13.1. The molecule has 0 aliphatic carbocycles. The molecule has 1 aromatic carbocycles. The molecule has 0 radical (unpaired) electrons. The first kappa shape index (κ1) is 13.2. The lowest BCUT2D eigenvalue weighted by Crippen LogP contribution is -2.29. The van der Waals surface area contributed by atoms with Crippen molar-refractivity contribution in [3.8, 4) is 0 Å². The summed E-state index contributed by atoms with van der Waals surface area (Å²) in [5, 5.41) is 3.71. The van der Waals surface area contributed by atoms with Crippen molar-refractivity contribution >= 4 is 35.0 Å². The van der Waals surface area contributed by atoms with E-state index in [-0.39, 0.29) is 11.1 Å². The van der Waals surface area contributed by atoms with Gasteiger partial charge in [0.1, 0.15) is 5.56 Å². The third kappa shape index (κ3) is 2.32. The van der Waals surface area contributed by atoms with Crippen LogP contribution in [0, 0.1) is 0 Å². The minimum Gasteiger partial charge on any atom is -0.320 e. The molecule has 0 spiro atoms. The lowest BCUT2D eigenvalue weighted by Gasteiger charge is -2.07. The molecule has 0 fully saturated rings. The molecule has 3 rings (SSSR count). The first-order valence-electron chi connectivity index (χ1n) is 5.95. The molecule has 1 aliphatic rings. The van der Waals surface area contributed by atoms with Crippen molar-refractivity contribution in [3.63, 3.8) is 0 Å². The van der Waals surface area contributed by atoms with Crippen LogP contribution in [0.4, 0.5) is 5.69 Å². The highest BCUT2D eigenvalue weighted by atomic mass is 35.5. The Morgan fingerprint density at radius 2 is 2.20 bits per heavy atom.